The van der Waals surface area contributed by atoms with Crippen LogP contribution in [0, 0.1) is 0 Å². The first-order valence-corrected chi connectivity index (χ1v) is 16.3. The van der Waals surface area contributed by atoms with Crippen LogP contribution in [0.4, 0.5) is 4.39 Å². The zero-order valence-corrected chi connectivity index (χ0v) is 29.1. The van der Waals surface area contributed by atoms with Gasteiger partial charge in [0, 0.05) is 48.9 Å². The standard InChI is InChI=1S/C21H29N7O.C15H24FNO2/c1-21(2,3)17-11-15-13-28(20(29)27-18(15)26-17)16-7-5-14(6-8-16)12-24-9-4-10-25-19(22)23;1-15(2,3)12-6-11(4-5-18)7-14(8-12)19-10-13(16)9-17/h5-8,11,13,24H,4,9-10,12H2,1-3H3,(H4,22,23,25)(H,26,27,29);6-8,13,18H,4-5,9-10,17H2,1-3H3/t;13-/m.1/s1. The second-order valence-corrected chi connectivity index (χ2v) is 13.9. The molecule has 0 aliphatic rings. The second-order valence-electron chi connectivity index (χ2n) is 13.9. The first-order valence-electron chi connectivity index (χ1n) is 16.3. The SMILES string of the molecule is CC(C)(C)c1cc(CCO)cc(OC[C@H](F)CN)c1.CC(C)(C)c1cc2cn(-c3ccc(CNCCCN=C(N)N)cc3)c(=O)nc2[nH]1. The number of aromatic nitrogens is 3. The highest BCUT2D eigenvalue weighted by molar-refractivity contribution is 5.76. The number of aliphatic hydroxyl groups is 1. The zero-order valence-electron chi connectivity index (χ0n) is 29.1. The Balaban J connectivity index is 0.000000286. The summed E-state index contributed by atoms with van der Waals surface area (Å²) in [5.41, 5.74) is 21.2. The molecular formula is C36H53FN8O3. The summed E-state index contributed by atoms with van der Waals surface area (Å²) in [6.07, 6.45) is 2.12. The number of nitrogens with zero attached hydrogens (tertiary/aromatic N) is 3. The summed E-state index contributed by atoms with van der Waals surface area (Å²) in [5, 5.41) is 13.3. The van der Waals surface area contributed by atoms with E-state index in [9.17, 15) is 9.18 Å². The number of fused-ring (bicyclic) bond motifs is 1. The quantitative estimate of drug-likeness (QED) is 0.0705. The number of aliphatic imine (C=N–C) groups is 1. The van der Waals surface area contributed by atoms with Crippen molar-refractivity contribution in [3.63, 3.8) is 0 Å². The van der Waals surface area contributed by atoms with Crippen molar-refractivity contribution in [2.45, 2.75) is 77.9 Å². The van der Waals surface area contributed by atoms with Crippen molar-refractivity contribution in [2.24, 2.45) is 22.2 Å². The van der Waals surface area contributed by atoms with Gasteiger partial charge in [0.2, 0.25) is 0 Å². The van der Waals surface area contributed by atoms with Gasteiger partial charge in [-0.25, -0.2) is 9.18 Å². The highest BCUT2D eigenvalue weighted by atomic mass is 19.1. The summed E-state index contributed by atoms with van der Waals surface area (Å²) in [6.45, 7) is 14.9. The van der Waals surface area contributed by atoms with E-state index < -0.39 is 6.17 Å². The molecule has 0 aliphatic heterocycles. The highest BCUT2D eigenvalue weighted by Gasteiger charge is 2.18. The predicted octanol–water partition coefficient (Wildman–Crippen LogP) is 3.96. The molecule has 2 aromatic heterocycles. The molecule has 0 saturated carbocycles. The van der Waals surface area contributed by atoms with Crippen molar-refractivity contribution < 1.29 is 14.2 Å². The van der Waals surface area contributed by atoms with Crippen molar-refractivity contribution >= 4 is 17.0 Å². The molecule has 11 nitrogen and oxygen atoms in total. The number of hydrogen-bond acceptors (Lipinski definition) is 7. The van der Waals surface area contributed by atoms with Gasteiger partial charge in [-0.2, -0.15) is 4.98 Å². The van der Waals surface area contributed by atoms with E-state index in [1.54, 1.807) is 4.57 Å². The van der Waals surface area contributed by atoms with Crippen LogP contribution in [0.2, 0.25) is 0 Å². The van der Waals surface area contributed by atoms with Crippen molar-refractivity contribution in [3.05, 3.63) is 87.6 Å². The molecule has 0 saturated heterocycles. The molecule has 0 spiro atoms. The van der Waals surface area contributed by atoms with Crippen LogP contribution in [0.5, 0.6) is 5.75 Å². The summed E-state index contributed by atoms with van der Waals surface area (Å²) >= 11 is 0. The molecule has 0 aliphatic carbocycles. The third-order valence-electron chi connectivity index (χ3n) is 7.59. The van der Waals surface area contributed by atoms with Crippen molar-refractivity contribution in [3.8, 4) is 11.4 Å². The summed E-state index contributed by atoms with van der Waals surface area (Å²) in [4.78, 5) is 23.9. The molecule has 0 bridgehead atoms. The van der Waals surface area contributed by atoms with Crippen LogP contribution >= 0.6 is 0 Å². The van der Waals surface area contributed by atoms with Gasteiger partial charge in [0.1, 0.15) is 24.2 Å². The Kier molecular flexibility index (Phi) is 13.7. The van der Waals surface area contributed by atoms with Crippen LogP contribution in [0.25, 0.3) is 16.7 Å². The van der Waals surface area contributed by atoms with Gasteiger partial charge < -0.3 is 37.3 Å². The molecular weight excluding hydrogens is 611 g/mol. The van der Waals surface area contributed by atoms with Gasteiger partial charge >= 0.3 is 5.69 Å². The Morgan fingerprint density at radius 1 is 1.06 bits per heavy atom. The van der Waals surface area contributed by atoms with Gasteiger partial charge in [-0.1, -0.05) is 59.7 Å². The summed E-state index contributed by atoms with van der Waals surface area (Å²) in [5.74, 6) is 0.754. The number of rotatable bonds is 13. The van der Waals surface area contributed by atoms with E-state index >= 15 is 0 Å². The Labute approximate surface area is 282 Å². The summed E-state index contributed by atoms with van der Waals surface area (Å²) in [7, 11) is 0. The lowest BCUT2D eigenvalue weighted by molar-refractivity contribution is 0.200. The average Bonchev–Trinajstić information content (AvgIpc) is 3.45. The van der Waals surface area contributed by atoms with E-state index in [0.29, 0.717) is 24.4 Å². The van der Waals surface area contributed by atoms with Crippen LogP contribution in [-0.2, 0) is 23.8 Å². The molecule has 262 valence electrons. The molecule has 48 heavy (non-hydrogen) atoms. The van der Waals surface area contributed by atoms with Crippen LogP contribution in [0.1, 0.15) is 70.3 Å². The van der Waals surface area contributed by atoms with Crippen LogP contribution in [0.3, 0.4) is 0 Å². The first-order chi connectivity index (χ1) is 22.6. The number of guanidine groups is 1. The third kappa shape index (κ3) is 11.8. The van der Waals surface area contributed by atoms with E-state index in [2.05, 4.69) is 74.0 Å². The Morgan fingerprint density at radius 3 is 2.38 bits per heavy atom. The van der Waals surface area contributed by atoms with Crippen molar-refractivity contribution in [1.29, 1.82) is 0 Å². The van der Waals surface area contributed by atoms with E-state index in [4.69, 9.17) is 27.0 Å². The number of nitrogens with two attached hydrogens (primary N) is 3. The van der Waals surface area contributed by atoms with Crippen LogP contribution in [-0.4, -0.2) is 64.6 Å². The summed E-state index contributed by atoms with van der Waals surface area (Å²) < 4.78 is 20.1. The number of hydrogen-bond donors (Lipinski definition) is 6. The number of aromatic amines is 1. The van der Waals surface area contributed by atoms with E-state index in [0.717, 1.165) is 53.0 Å². The Bertz CT molecular complexity index is 1680. The number of aliphatic hydroxyl groups excluding tert-OH is 1. The molecule has 0 radical (unpaired) electrons. The lowest BCUT2D eigenvalue weighted by atomic mass is 9.85. The topological polar surface area (TPSA) is 183 Å². The molecule has 4 rings (SSSR count). The van der Waals surface area contributed by atoms with Crippen LogP contribution in [0.15, 0.2) is 64.5 Å². The van der Waals surface area contributed by atoms with E-state index in [-0.39, 0.29) is 42.2 Å². The minimum absolute atomic E-state index is 0.0213. The lowest BCUT2D eigenvalue weighted by Crippen LogP contribution is -2.23. The molecule has 1 atom stereocenters. The van der Waals surface area contributed by atoms with Crippen LogP contribution < -0.4 is 32.9 Å². The maximum absolute atomic E-state index is 13.1. The van der Waals surface area contributed by atoms with Gasteiger partial charge in [-0.15, -0.1) is 0 Å². The Hall–Kier alpha value is -4.26. The lowest BCUT2D eigenvalue weighted by Gasteiger charge is -2.21. The fourth-order valence-electron chi connectivity index (χ4n) is 4.71. The van der Waals surface area contributed by atoms with E-state index in [1.165, 1.54) is 0 Å². The monoisotopic (exact) mass is 664 g/mol. The van der Waals surface area contributed by atoms with Gasteiger partial charge in [-0.3, -0.25) is 9.56 Å². The number of benzene rings is 2. The zero-order chi connectivity index (χ0) is 35.5. The predicted molar refractivity (Wildman–Crippen MR) is 193 cm³/mol. The number of nitrogens with one attached hydrogen (secondary N) is 2. The third-order valence-corrected chi connectivity index (χ3v) is 7.59. The Morgan fingerprint density at radius 2 is 1.77 bits per heavy atom. The molecule has 9 N–H and O–H groups in total. The molecule has 0 fully saturated rings. The number of halogens is 1. The minimum Gasteiger partial charge on any atom is -0.490 e. The van der Waals surface area contributed by atoms with Gasteiger partial charge in [0.25, 0.3) is 0 Å². The number of alkyl halides is 1. The highest BCUT2D eigenvalue weighted by Crippen LogP contribution is 2.28. The maximum Gasteiger partial charge on any atom is 0.354 e. The van der Waals surface area contributed by atoms with E-state index in [1.807, 2.05) is 42.6 Å². The smallest absolute Gasteiger partial charge is 0.354 e. The number of H-pyrrole nitrogens is 1. The van der Waals surface area contributed by atoms with Gasteiger partial charge in [-0.05, 0) is 71.8 Å². The normalized spacial score (nSPS) is 12.4. The van der Waals surface area contributed by atoms with Crippen molar-refractivity contribution in [2.75, 3.05) is 32.8 Å². The maximum atomic E-state index is 13.1. The van der Waals surface area contributed by atoms with Crippen molar-refractivity contribution in [1.82, 2.24) is 19.9 Å². The van der Waals surface area contributed by atoms with Gasteiger partial charge in [0.05, 0.1) is 5.69 Å². The molecule has 2 aromatic carbocycles. The molecule has 0 unspecified atom stereocenters. The molecule has 0 amide bonds. The van der Waals surface area contributed by atoms with Gasteiger partial charge in [0.15, 0.2) is 5.96 Å². The molecule has 12 heteroatoms. The molecule has 4 aromatic rings. The average molecular weight is 665 g/mol. The second kappa shape index (κ2) is 17.2. The summed E-state index contributed by atoms with van der Waals surface area (Å²) in [6, 6.07) is 15.8. The largest absolute Gasteiger partial charge is 0.490 e. The number of ether oxygens (including phenoxy) is 1. The fourth-order valence-corrected chi connectivity index (χ4v) is 4.71. The minimum atomic E-state index is -1.15. The fraction of sp³-hybridized carbons (Fsp3) is 0.472. The molecule has 2 heterocycles. The first kappa shape index (κ1) is 38.2.